The number of anilines is 2. The molecule has 0 saturated heterocycles. The van der Waals surface area contributed by atoms with Crippen molar-refractivity contribution in [2.45, 2.75) is 6.42 Å². The van der Waals surface area contributed by atoms with Crippen LogP contribution in [0.3, 0.4) is 0 Å². The first-order chi connectivity index (χ1) is 6.84. The quantitative estimate of drug-likeness (QED) is 0.797. The summed E-state index contributed by atoms with van der Waals surface area (Å²) in [5.74, 6) is 0. The van der Waals surface area contributed by atoms with Gasteiger partial charge in [-0.25, -0.2) is 0 Å². The summed E-state index contributed by atoms with van der Waals surface area (Å²) in [5.41, 5.74) is 6.57. The maximum atomic E-state index is 5.27. The molecule has 0 bridgehead atoms. The van der Waals surface area contributed by atoms with Gasteiger partial charge in [0.05, 0.1) is 0 Å². The van der Waals surface area contributed by atoms with Gasteiger partial charge in [0.1, 0.15) is 0 Å². The number of hydrogen-bond donors (Lipinski definition) is 2. The molecule has 2 rings (SSSR count). The molecule has 0 saturated carbocycles. The molecule has 14 heavy (non-hydrogen) atoms. The fourth-order valence-corrected chi connectivity index (χ4v) is 1.76. The maximum absolute atomic E-state index is 5.27. The third kappa shape index (κ3) is 2.23. The van der Waals surface area contributed by atoms with E-state index in [0.29, 0.717) is 6.01 Å². The van der Waals surface area contributed by atoms with Crippen LogP contribution in [0.5, 0.6) is 0 Å². The molecule has 2 aromatic rings. The Hall–Kier alpha value is -1.56. The van der Waals surface area contributed by atoms with Crippen LogP contribution < -0.4 is 11.1 Å². The Morgan fingerprint density at radius 2 is 2.43 bits per heavy atom. The second-order valence-electron chi connectivity index (χ2n) is 2.75. The lowest BCUT2D eigenvalue weighted by molar-refractivity contribution is 0.586. The normalized spacial score (nSPS) is 10.3. The van der Waals surface area contributed by atoms with E-state index in [1.165, 1.54) is 5.56 Å². The first kappa shape index (κ1) is 9.01. The zero-order chi connectivity index (χ0) is 9.80. The van der Waals surface area contributed by atoms with Gasteiger partial charge in [0.15, 0.2) is 0 Å². The highest BCUT2D eigenvalue weighted by Gasteiger charge is 2.00. The Bertz CT molecular complexity index is 384. The Morgan fingerprint density at radius 1 is 1.50 bits per heavy atom. The van der Waals surface area contributed by atoms with E-state index in [4.69, 9.17) is 10.2 Å². The molecule has 0 amide bonds. The van der Waals surface area contributed by atoms with E-state index in [2.05, 4.69) is 32.3 Å². The summed E-state index contributed by atoms with van der Waals surface area (Å²) < 4.78 is 4.95. The van der Waals surface area contributed by atoms with Crippen LogP contribution in [-0.2, 0) is 6.42 Å². The van der Waals surface area contributed by atoms with Crippen LogP contribution in [0.1, 0.15) is 5.56 Å². The minimum Gasteiger partial charge on any atom is -0.390 e. The molecule has 3 N–H and O–H groups in total. The predicted octanol–water partition coefficient (Wildman–Crippen LogP) is 1.37. The number of thiophene rings is 1. The van der Waals surface area contributed by atoms with Crippen LogP contribution in [0, 0.1) is 0 Å². The third-order valence-electron chi connectivity index (χ3n) is 1.71. The van der Waals surface area contributed by atoms with Crippen molar-refractivity contribution in [3.05, 3.63) is 22.4 Å². The number of nitrogens with zero attached hydrogens (tertiary/aromatic N) is 2. The molecule has 0 spiro atoms. The Morgan fingerprint density at radius 3 is 3.07 bits per heavy atom. The van der Waals surface area contributed by atoms with E-state index in [1.807, 2.05) is 0 Å². The molecule has 2 aromatic heterocycles. The predicted molar refractivity (Wildman–Crippen MR) is 55.2 cm³/mol. The summed E-state index contributed by atoms with van der Waals surface area (Å²) in [7, 11) is 0. The van der Waals surface area contributed by atoms with Crippen LogP contribution in [0.4, 0.5) is 12.0 Å². The van der Waals surface area contributed by atoms with E-state index in [1.54, 1.807) is 11.3 Å². The van der Waals surface area contributed by atoms with Crippen LogP contribution in [0.25, 0.3) is 0 Å². The zero-order valence-corrected chi connectivity index (χ0v) is 8.25. The lowest BCUT2D eigenvalue weighted by Crippen LogP contribution is -2.04. The smallest absolute Gasteiger partial charge is 0.316 e. The molecule has 5 nitrogen and oxygen atoms in total. The number of aromatic nitrogens is 2. The molecule has 0 aromatic carbocycles. The van der Waals surface area contributed by atoms with Crippen LogP contribution in [0.2, 0.25) is 0 Å². The molecule has 0 atom stereocenters. The molecular formula is C8H10N4OS. The molecule has 2 heterocycles. The minimum absolute atomic E-state index is 0.0861. The standard InChI is InChI=1S/C8H10N4OS/c9-7-11-12-8(13-7)10-3-1-6-2-4-14-5-6/h2,4-5H,1,3H2,(H2,9,11)(H,10,12). The SMILES string of the molecule is Nc1nnc(NCCc2ccsc2)o1. The number of nitrogen functional groups attached to an aromatic ring is 1. The largest absolute Gasteiger partial charge is 0.390 e. The van der Waals surface area contributed by atoms with E-state index >= 15 is 0 Å². The average Bonchev–Trinajstić information content (AvgIpc) is 2.77. The monoisotopic (exact) mass is 210 g/mol. The van der Waals surface area contributed by atoms with Gasteiger partial charge in [-0.15, -0.1) is 0 Å². The summed E-state index contributed by atoms with van der Waals surface area (Å²) >= 11 is 1.69. The molecule has 0 aliphatic rings. The van der Waals surface area contributed by atoms with Gasteiger partial charge in [-0.2, -0.15) is 11.3 Å². The van der Waals surface area contributed by atoms with Gasteiger partial charge in [-0.3, -0.25) is 0 Å². The Labute approximate surface area is 85.0 Å². The van der Waals surface area contributed by atoms with Gasteiger partial charge in [0, 0.05) is 6.54 Å². The van der Waals surface area contributed by atoms with Crippen molar-refractivity contribution in [3.8, 4) is 0 Å². The summed E-state index contributed by atoms with van der Waals surface area (Å²) in [4.78, 5) is 0. The highest BCUT2D eigenvalue weighted by Crippen LogP contribution is 2.08. The van der Waals surface area contributed by atoms with Crippen molar-refractivity contribution in [3.63, 3.8) is 0 Å². The van der Waals surface area contributed by atoms with Crippen molar-refractivity contribution < 1.29 is 4.42 Å². The minimum atomic E-state index is 0.0861. The topological polar surface area (TPSA) is 77.0 Å². The van der Waals surface area contributed by atoms with Crippen molar-refractivity contribution in [2.24, 2.45) is 0 Å². The number of hydrogen-bond acceptors (Lipinski definition) is 6. The molecule has 0 aliphatic carbocycles. The second-order valence-corrected chi connectivity index (χ2v) is 3.53. The van der Waals surface area contributed by atoms with Crippen LogP contribution in [0.15, 0.2) is 21.2 Å². The van der Waals surface area contributed by atoms with Crippen molar-refractivity contribution >= 4 is 23.4 Å². The summed E-state index contributed by atoms with van der Waals surface area (Å²) in [6.07, 6.45) is 0.936. The second kappa shape index (κ2) is 4.10. The van der Waals surface area contributed by atoms with Crippen LogP contribution >= 0.6 is 11.3 Å². The van der Waals surface area contributed by atoms with Crippen LogP contribution in [-0.4, -0.2) is 16.7 Å². The maximum Gasteiger partial charge on any atom is 0.316 e. The fraction of sp³-hybridized carbons (Fsp3) is 0.250. The molecule has 6 heteroatoms. The molecule has 0 radical (unpaired) electrons. The fourth-order valence-electron chi connectivity index (χ4n) is 1.05. The van der Waals surface area contributed by atoms with Crippen molar-refractivity contribution in [1.29, 1.82) is 0 Å². The van der Waals surface area contributed by atoms with Gasteiger partial charge in [-0.05, 0) is 28.8 Å². The zero-order valence-electron chi connectivity index (χ0n) is 7.43. The first-order valence-electron chi connectivity index (χ1n) is 4.18. The van der Waals surface area contributed by atoms with Gasteiger partial charge in [-0.1, -0.05) is 10.2 Å². The summed E-state index contributed by atoms with van der Waals surface area (Å²) in [6, 6.07) is 2.55. The van der Waals surface area contributed by atoms with Crippen molar-refractivity contribution in [2.75, 3.05) is 17.6 Å². The van der Waals surface area contributed by atoms with Gasteiger partial charge in [0.2, 0.25) is 0 Å². The third-order valence-corrected chi connectivity index (χ3v) is 2.44. The Kier molecular flexibility index (Phi) is 2.64. The number of nitrogens with one attached hydrogen (secondary N) is 1. The van der Waals surface area contributed by atoms with Gasteiger partial charge >= 0.3 is 12.0 Å². The van der Waals surface area contributed by atoms with Crippen molar-refractivity contribution in [1.82, 2.24) is 10.2 Å². The average molecular weight is 210 g/mol. The molecule has 0 unspecified atom stereocenters. The summed E-state index contributed by atoms with van der Waals surface area (Å²) in [6.45, 7) is 0.762. The van der Waals surface area contributed by atoms with Gasteiger partial charge in [0.25, 0.3) is 0 Å². The molecule has 0 aliphatic heterocycles. The van der Waals surface area contributed by atoms with Gasteiger partial charge < -0.3 is 15.5 Å². The lowest BCUT2D eigenvalue weighted by atomic mass is 10.2. The first-order valence-corrected chi connectivity index (χ1v) is 5.13. The van der Waals surface area contributed by atoms with E-state index in [9.17, 15) is 0 Å². The number of rotatable bonds is 4. The summed E-state index contributed by atoms with van der Waals surface area (Å²) in [5, 5.41) is 14.4. The number of nitrogens with two attached hydrogens (primary N) is 1. The van der Waals surface area contributed by atoms with E-state index < -0.39 is 0 Å². The lowest BCUT2D eigenvalue weighted by Gasteiger charge is -1.98. The molecule has 74 valence electrons. The van der Waals surface area contributed by atoms with E-state index in [0.717, 1.165) is 13.0 Å². The molecule has 0 fully saturated rings. The highest BCUT2D eigenvalue weighted by molar-refractivity contribution is 7.07. The highest BCUT2D eigenvalue weighted by atomic mass is 32.1. The van der Waals surface area contributed by atoms with E-state index in [-0.39, 0.29) is 6.01 Å². The molecular weight excluding hydrogens is 200 g/mol. The Balaban J connectivity index is 1.78.